The maximum atomic E-state index is 5.56. The topological polar surface area (TPSA) is 80.1 Å². The molecule has 0 aromatic carbocycles. The molecule has 0 spiro atoms. The molecule has 0 fully saturated rings. The smallest absolute Gasteiger partial charge is 0.213 e. The van der Waals surface area contributed by atoms with Crippen LogP contribution in [0.25, 0.3) is 11.3 Å². The van der Waals surface area contributed by atoms with Gasteiger partial charge in [0.25, 0.3) is 0 Å². The van der Waals surface area contributed by atoms with Crippen LogP contribution < -0.4 is 10.5 Å². The lowest BCUT2D eigenvalue weighted by Crippen LogP contribution is -2.25. The van der Waals surface area contributed by atoms with Crippen LogP contribution in [0.4, 0.5) is 0 Å². The molecule has 0 unspecified atom stereocenters. The van der Waals surface area contributed by atoms with Gasteiger partial charge >= 0.3 is 0 Å². The number of nitrogens with two attached hydrogens (primary N) is 1. The normalized spacial score (nSPS) is 10.9. The molecular weight excluding hydrogens is 242 g/mol. The maximum Gasteiger partial charge on any atom is 0.213 e. The van der Waals surface area contributed by atoms with Crippen molar-refractivity contribution >= 4 is 0 Å². The van der Waals surface area contributed by atoms with Gasteiger partial charge < -0.3 is 15.4 Å². The van der Waals surface area contributed by atoms with Crippen LogP contribution >= 0.6 is 0 Å². The molecule has 0 aliphatic heterocycles. The van der Waals surface area contributed by atoms with E-state index in [2.05, 4.69) is 20.1 Å². The van der Waals surface area contributed by atoms with Crippen molar-refractivity contribution in [2.24, 2.45) is 5.73 Å². The number of hydrogen-bond acceptors (Lipinski definition) is 5. The number of nitrogens with zero attached hydrogens (tertiary/aromatic N) is 3. The van der Waals surface area contributed by atoms with E-state index in [0.29, 0.717) is 12.4 Å². The third-order valence-corrected chi connectivity index (χ3v) is 2.89. The van der Waals surface area contributed by atoms with Gasteiger partial charge in [-0.3, -0.25) is 5.10 Å². The Morgan fingerprint density at radius 3 is 3.05 bits per heavy atom. The maximum absolute atomic E-state index is 5.56. The third-order valence-electron chi connectivity index (χ3n) is 2.89. The highest BCUT2D eigenvalue weighted by Gasteiger charge is 2.11. The number of ether oxygens (including phenoxy) is 1. The van der Waals surface area contributed by atoms with Crippen LogP contribution in [0.3, 0.4) is 0 Å². The lowest BCUT2D eigenvalue weighted by Gasteiger charge is -2.15. The summed E-state index contributed by atoms with van der Waals surface area (Å²) in [6, 6.07) is 3.80. The molecule has 6 heteroatoms. The van der Waals surface area contributed by atoms with E-state index in [9.17, 15) is 0 Å². The fourth-order valence-electron chi connectivity index (χ4n) is 1.94. The fourth-order valence-corrected chi connectivity index (χ4v) is 1.94. The first-order valence-corrected chi connectivity index (χ1v) is 6.16. The van der Waals surface area contributed by atoms with Gasteiger partial charge in [0.2, 0.25) is 5.88 Å². The van der Waals surface area contributed by atoms with Crippen LogP contribution in [0.2, 0.25) is 0 Å². The average Bonchev–Trinajstić information content (AvgIpc) is 2.87. The second-order valence-electron chi connectivity index (χ2n) is 4.37. The third kappa shape index (κ3) is 3.30. The average molecular weight is 261 g/mol. The number of rotatable bonds is 6. The summed E-state index contributed by atoms with van der Waals surface area (Å²) >= 11 is 0. The van der Waals surface area contributed by atoms with E-state index < -0.39 is 0 Å². The van der Waals surface area contributed by atoms with E-state index in [0.717, 1.165) is 29.9 Å². The number of likely N-dealkylation sites (N-methyl/N-ethyl adjacent to an activating group) is 1. The van der Waals surface area contributed by atoms with Gasteiger partial charge in [-0.05, 0) is 13.1 Å². The summed E-state index contributed by atoms with van der Waals surface area (Å²) < 4.78 is 5.14. The van der Waals surface area contributed by atoms with E-state index in [4.69, 9.17) is 10.5 Å². The summed E-state index contributed by atoms with van der Waals surface area (Å²) in [5, 5.41) is 7.22. The summed E-state index contributed by atoms with van der Waals surface area (Å²) in [6.45, 7) is 2.30. The first-order chi connectivity index (χ1) is 9.24. The molecule has 3 N–H and O–H groups in total. The summed E-state index contributed by atoms with van der Waals surface area (Å²) in [5.74, 6) is 0.585. The Kier molecular flexibility index (Phi) is 4.48. The second-order valence-corrected chi connectivity index (χ2v) is 4.37. The molecule has 0 amide bonds. The van der Waals surface area contributed by atoms with Crippen LogP contribution in [-0.2, 0) is 6.54 Å². The Labute approximate surface area is 112 Å². The van der Waals surface area contributed by atoms with Crippen LogP contribution in [0.15, 0.2) is 24.5 Å². The number of aromatic amines is 1. The lowest BCUT2D eigenvalue weighted by atomic mass is 10.1. The molecular formula is C13H19N5O. The number of aromatic nitrogens is 3. The summed E-state index contributed by atoms with van der Waals surface area (Å²) in [6.07, 6.45) is 3.63. The highest BCUT2D eigenvalue weighted by atomic mass is 16.5. The van der Waals surface area contributed by atoms with Gasteiger partial charge in [0, 0.05) is 49.2 Å². The first-order valence-electron chi connectivity index (χ1n) is 6.16. The molecule has 0 aliphatic rings. The van der Waals surface area contributed by atoms with Crippen molar-refractivity contribution in [3.8, 4) is 17.1 Å². The van der Waals surface area contributed by atoms with Gasteiger partial charge in [-0.2, -0.15) is 5.10 Å². The predicted octanol–water partition coefficient (Wildman–Crippen LogP) is 0.871. The monoisotopic (exact) mass is 261 g/mol. The standard InChI is InChI=1S/C13H19N5O/c1-18(6-4-14)9-11-8-16-17-13(11)10-3-5-15-12(7-10)19-2/h3,5,7-8H,4,6,9,14H2,1-2H3,(H,16,17). The molecule has 6 nitrogen and oxygen atoms in total. The minimum Gasteiger partial charge on any atom is -0.481 e. The molecule has 102 valence electrons. The molecule has 0 bridgehead atoms. The van der Waals surface area contributed by atoms with Gasteiger partial charge in [-0.15, -0.1) is 0 Å². The molecule has 0 saturated carbocycles. The van der Waals surface area contributed by atoms with Gasteiger partial charge in [0.05, 0.1) is 12.8 Å². The van der Waals surface area contributed by atoms with Crippen LogP contribution in [-0.4, -0.2) is 47.3 Å². The summed E-state index contributed by atoms with van der Waals surface area (Å²) in [5.41, 5.74) is 8.60. The fraction of sp³-hybridized carbons (Fsp3) is 0.385. The Balaban J connectivity index is 2.23. The van der Waals surface area contributed by atoms with Crippen LogP contribution in [0, 0.1) is 0 Å². The predicted molar refractivity (Wildman–Crippen MR) is 73.8 cm³/mol. The number of hydrogen-bond donors (Lipinski definition) is 2. The Hall–Kier alpha value is -1.92. The SMILES string of the molecule is COc1cc(-c2n[nH]cc2CN(C)CCN)ccn1. The zero-order valence-electron chi connectivity index (χ0n) is 11.3. The van der Waals surface area contributed by atoms with Crippen molar-refractivity contribution in [3.05, 3.63) is 30.1 Å². The minimum absolute atomic E-state index is 0.585. The first kappa shape index (κ1) is 13.5. The van der Waals surface area contributed by atoms with E-state index in [1.165, 1.54) is 0 Å². The zero-order chi connectivity index (χ0) is 13.7. The highest BCUT2D eigenvalue weighted by molar-refractivity contribution is 5.63. The Morgan fingerprint density at radius 2 is 2.32 bits per heavy atom. The van der Waals surface area contributed by atoms with Crippen LogP contribution in [0.5, 0.6) is 5.88 Å². The van der Waals surface area contributed by atoms with Gasteiger partial charge in [0.1, 0.15) is 0 Å². The highest BCUT2D eigenvalue weighted by Crippen LogP contribution is 2.24. The Bertz CT molecular complexity index is 525. The van der Waals surface area contributed by atoms with Crippen molar-refractivity contribution in [2.75, 3.05) is 27.2 Å². The van der Waals surface area contributed by atoms with E-state index in [1.54, 1.807) is 13.3 Å². The molecule has 0 saturated heterocycles. The molecule has 2 aromatic heterocycles. The molecule has 2 heterocycles. The molecule has 0 aliphatic carbocycles. The molecule has 2 aromatic rings. The van der Waals surface area contributed by atoms with Crippen molar-refractivity contribution in [3.63, 3.8) is 0 Å². The molecule has 0 radical (unpaired) electrons. The lowest BCUT2D eigenvalue weighted by molar-refractivity contribution is 0.337. The Morgan fingerprint density at radius 1 is 1.47 bits per heavy atom. The number of nitrogens with one attached hydrogen (secondary N) is 1. The van der Waals surface area contributed by atoms with Crippen molar-refractivity contribution in [1.29, 1.82) is 0 Å². The quantitative estimate of drug-likeness (QED) is 0.806. The van der Waals surface area contributed by atoms with Gasteiger partial charge in [-0.1, -0.05) is 0 Å². The van der Waals surface area contributed by atoms with Crippen molar-refractivity contribution in [2.45, 2.75) is 6.54 Å². The van der Waals surface area contributed by atoms with E-state index >= 15 is 0 Å². The van der Waals surface area contributed by atoms with Gasteiger partial charge in [-0.25, -0.2) is 4.98 Å². The number of H-pyrrole nitrogens is 1. The van der Waals surface area contributed by atoms with Crippen molar-refractivity contribution in [1.82, 2.24) is 20.1 Å². The van der Waals surface area contributed by atoms with Crippen LogP contribution in [0.1, 0.15) is 5.56 Å². The molecule has 0 atom stereocenters. The summed E-state index contributed by atoms with van der Waals surface area (Å²) in [4.78, 5) is 6.26. The zero-order valence-corrected chi connectivity index (χ0v) is 11.3. The second kappa shape index (κ2) is 6.31. The van der Waals surface area contributed by atoms with Crippen molar-refractivity contribution < 1.29 is 4.74 Å². The largest absolute Gasteiger partial charge is 0.481 e. The van der Waals surface area contributed by atoms with E-state index in [1.807, 2.05) is 25.4 Å². The number of methoxy groups -OCH3 is 1. The molecule has 2 rings (SSSR count). The summed E-state index contributed by atoms with van der Waals surface area (Å²) in [7, 11) is 3.64. The number of pyridine rings is 1. The van der Waals surface area contributed by atoms with E-state index in [-0.39, 0.29) is 0 Å². The van der Waals surface area contributed by atoms with Gasteiger partial charge in [0.15, 0.2) is 0 Å². The molecule has 19 heavy (non-hydrogen) atoms. The minimum atomic E-state index is 0.585.